The molecule has 11 heteroatoms. The molecule has 0 heterocycles. The second-order valence-corrected chi connectivity index (χ2v) is 8.39. The summed E-state index contributed by atoms with van der Waals surface area (Å²) in [6.07, 6.45) is -5.89. The first kappa shape index (κ1) is 27.5. The molecule has 0 saturated carbocycles. The van der Waals surface area contributed by atoms with Crippen molar-refractivity contribution in [3.05, 3.63) is 76.5 Å². The SMILES string of the molecule is C=CC[C@@](CN(C)C(=O)CC(F)(F)F)(c1ccc(Cl)c(Cl)c1)N(C)C(=O)Oc1cccc(F)c1. The van der Waals surface area contributed by atoms with Gasteiger partial charge >= 0.3 is 12.3 Å². The van der Waals surface area contributed by atoms with E-state index in [1.54, 1.807) is 0 Å². The van der Waals surface area contributed by atoms with E-state index in [2.05, 4.69) is 6.58 Å². The molecule has 2 rings (SSSR count). The molecular weight excluding hydrogens is 499 g/mol. The van der Waals surface area contributed by atoms with E-state index in [4.69, 9.17) is 27.9 Å². The number of rotatable bonds is 8. The maximum atomic E-state index is 13.5. The van der Waals surface area contributed by atoms with Gasteiger partial charge < -0.3 is 9.64 Å². The van der Waals surface area contributed by atoms with Gasteiger partial charge in [0.05, 0.1) is 15.6 Å². The molecule has 0 unspecified atom stereocenters. The van der Waals surface area contributed by atoms with Gasteiger partial charge in [-0.2, -0.15) is 13.2 Å². The Bertz CT molecular complexity index is 1060. The number of benzene rings is 2. The molecule has 0 N–H and O–H groups in total. The third-order valence-corrected chi connectivity index (χ3v) is 5.87. The van der Waals surface area contributed by atoms with Crippen LogP contribution in [-0.4, -0.2) is 48.6 Å². The number of amides is 2. The average Bonchev–Trinajstić information content (AvgIpc) is 2.73. The summed E-state index contributed by atoms with van der Waals surface area (Å²) < 4.78 is 57.3. The van der Waals surface area contributed by atoms with Crippen molar-refractivity contribution < 1.29 is 31.9 Å². The van der Waals surface area contributed by atoms with Crippen molar-refractivity contribution in [3.63, 3.8) is 0 Å². The second-order valence-electron chi connectivity index (χ2n) is 7.58. The molecule has 0 aliphatic rings. The van der Waals surface area contributed by atoms with Gasteiger partial charge in [-0.15, -0.1) is 6.58 Å². The first-order valence-electron chi connectivity index (χ1n) is 9.87. The molecule has 0 bridgehead atoms. The Morgan fingerprint density at radius 1 is 1.09 bits per heavy atom. The number of carbonyl (C=O) groups excluding carboxylic acids is 2. The van der Waals surface area contributed by atoms with E-state index in [1.807, 2.05) is 0 Å². The van der Waals surface area contributed by atoms with Crippen LogP contribution in [0.3, 0.4) is 0 Å². The van der Waals surface area contributed by atoms with E-state index >= 15 is 0 Å². The number of carbonyl (C=O) groups is 2. The van der Waals surface area contributed by atoms with Gasteiger partial charge in [0.15, 0.2) is 0 Å². The van der Waals surface area contributed by atoms with Gasteiger partial charge in [-0.05, 0) is 36.2 Å². The normalized spacial score (nSPS) is 13.1. The fraction of sp³-hybridized carbons (Fsp3) is 0.304. The zero-order chi connectivity index (χ0) is 25.7. The Hall–Kier alpha value is -2.78. The molecule has 34 heavy (non-hydrogen) atoms. The Labute approximate surface area is 204 Å². The van der Waals surface area contributed by atoms with Crippen LogP contribution in [0.1, 0.15) is 18.4 Å². The molecule has 0 aliphatic heterocycles. The number of hydrogen-bond donors (Lipinski definition) is 0. The van der Waals surface area contributed by atoms with Gasteiger partial charge in [-0.3, -0.25) is 9.69 Å². The summed E-state index contributed by atoms with van der Waals surface area (Å²) in [7, 11) is 2.53. The fourth-order valence-electron chi connectivity index (χ4n) is 3.40. The van der Waals surface area contributed by atoms with Gasteiger partial charge in [0.25, 0.3) is 0 Å². The summed E-state index contributed by atoms with van der Waals surface area (Å²) >= 11 is 12.2. The van der Waals surface area contributed by atoms with Crippen molar-refractivity contribution in [2.75, 3.05) is 20.6 Å². The van der Waals surface area contributed by atoms with E-state index < -0.39 is 36.0 Å². The molecule has 2 amide bonds. The molecular formula is C23H22Cl2F4N2O3. The lowest BCUT2D eigenvalue weighted by atomic mass is 9.84. The monoisotopic (exact) mass is 520 g/mol. The molecule has 5 nitrogen and oxygen atoms in total. The smallest absolute Gasteiger partial charge is 0.410 e. The number of ether oxygens (including phenoxy) is 1. The van der Waals surface area contributed by atoms with Crippen LogP contribution in [0.4, 0.5) is 22.4 Å². The van der Waals surface area contributed by atoms with Gasteiger partial charge in [-0.1, -0.05) is 41.4 Å². The highest BCUT2D eigenvalue weighted by atomic mass is 35.5. The van der Waals surface area contributed by atoms with Crippen molar-refractivity contribution >= 4 is 35.2 Å². The summed E-state index contributed by atoms with van der Waals surface area (Å²) in [4.78, 5) is 27.3. The van der Waals surface area contributed by atoms with Crippen molar-refractivity contribution in [3.8, 4) is 5.75 Å². The number of halogens is 6. The standard InChI is InChI=1S/C23H22Cl2F4N2O3/c1-4-10-22(15-8-9-18(24)19(25)11-15,14-30(2)20(32)13-23(27,28)29)31(3)21(33)34-17-7-5-6-16(26)12-17/h4-9,11-12H,1,10,13-14H2,2-3H3/t22-/m1/s1. The number of alkyl halides is 3. The van der Waals surface area contributed by atoms with Gasteiger partial charge in [0.1, 0.15) is 18.0 Å². The lowest BCUT2D eigenvalue weighted by Gasteiger charge is -2.43. The largest absolute Gasteiger partial charge is 0.415 e. The third-order valence-electron chi connectivity index (χ3n) is 5.13. The minimum atomic E-state index is -4.71. The Balaban J connectivity index is 2.52. The molecule has 184 valence electrons. The molecule has 0 fully saturated rings. The maximum absolute atomic E-state index is 13.5. The summed E-state index contributed by atoms with van der Waals surface area (Å²) in [6, 6.07) is 9.31. The lowest BCUT2D eigenvalue weighted by Crippen LogP contribution is -2.55. The molecule has 0 aliphatic carbocycles. The van der Waals surface area contributed by atoms with Crippen LogP contribution in [0.2, 0.25) is 10.0 Å². The quantitative estimate of drug-likeness (QED) is 0.297. The number of hydrogen-bond acceptors (Lipinski definition) is 3. The van der Waals surface area contributed by atoms with Crippen molar-refractivity contribution in [2.24, 2.45) is 0 Å². The van der Waals surface area contributed by atoms with Crippen LogP contribution in [0.15, 0.2) is 55.1 Å². The Morgan fingerprint density at radius 3 is 2.32 bits per heavy atom. The first-order valence-corrected chi connectivity index (χ1v) is 10.6. The number of likely N-dealkylation sites (N-methyl/N-ethyl adjacent to an activating group) is 2. The van der Waals surface area contributed by atoms with Crippen molar-refractivity contribution in [2.45, 2.75) is 24.6 Å². The zero-order valence-corrected chi connectivity index (χ0v) is 19.8. The van der Waals surface area contributed by atoms with Crippen LogP contribution in [0, 0.1) is 5.82 Å². The predicted octanol–water partition coefficient (Wildman–Crippen LogP) is 6.45. The van der Waals surface area contributed by atoms with Crippen LogP contribution >= 0.6 is 23.2 Å². The van der Waals surface area contributed by atoms with Crippen LogP contribution in [0.25, 0.3) is 0 Å². The maximum Gasteiger partial charge on any atom is 0.415 e. The molecule has 0 radical (unpaired) electrons. The minimum Gasteiger partial charge on any atom is -0.410 e. The average molecular weight is 521 g/mol. The highest BCUT2D eigenvalue weighted by Gasteiger charge is 2.43. The summed E-state index contributed by atoms with van der Waals surface area (Å²) in [5, 5.41) is 0.341. The first-order chi connectivity index (χ1) is 15.8. The predicted molar refractivity (Wildman–Crippen MR) is 121 cm³/mol. The van der Waals surface area contributed by atoms with Gasteiger partial charge in [0.2, 0.25) is 5.91 Å². The summed E-state index contributed by atoms with van der Waals surface area (Å²) in [6.45, 7) is 3.33. The second kappa shape index (κ2) is 11.1. The van der Waals surface area contributed by atoms with Gasteiger partial charge in [-0.25, -0.2) is 9.18 Å². The molecule has 2 aromatic rings. The lowest BCUT2D eigenvalue weighted by molar-refractivity contribution is -0.161. The van der Waals surface area contributed by atoms with E-state index in [-0.39, 0.29) is 28.8 Å². The zero-order valence-electron chi connectivity index (χ0n) is 18.3. The highest BCUT2D eigenvalue weighted by Crippen LogP contribution is 2.37. The molecule has 1 atom stereocenters. The van der Waals surface area contributed by atoms with Gasteiger partial charge in [0, 0.05) is 26.7 Å². The van der Waals surface area contributed by atoms with Crippen LogP contribution in [0.5, 0.6) is 5.75 Å². The van der Waals surface area contributed by atoms with Crippen LogP contribution < -0.4 is 4.74 Å². The Morgan fingerprint density at radius 2 is 1.76 bits per heavy atom. The molecule has 0 aromatic heterocycles. The minimum absolute atomic E-state index is 0.00332. The van der Waals surface area contributed by atoms with E-state index in [1.165, 1.54) is 56.6 Å². The third kappa shape index (κ3) is 6.87. The highest BCUT2D eigenvalue weighted by molar-refractivity contribution is 6.42. The Kier molecular flexibility index (Phi) is 8.96. The topological polar surface area (TPSA) is 49.9 Å². The summed E-state index contributed by atoms with van der Waals surface area (Å²) in [5.41, 5.74) is -1.08. The van der Waals surface area contributed by atoms with E-state index in [0.29, 0.717) is 5.56 Å². The molecule has 0 saturated heterocycles. The summed E-state index contributed by atoms with van der Waals surface area (Å²) in [5.74, 6) is -1.92. The number of nitrogens with zero attached hydrogens (tertiary/aromatic N) is 2. The van der Waals surface area contributed by atoms with E-state index in [9.17, 15) is 27.2 Å². The van der Waals surface area contributed by atoms with Crippen LogP contribution in [-0.2, 0) is 10.3 Å². The van der Waals surface area contributed by atoms with Crippen molar-refractivity contribution in [1.29, 1.82) is 0 Å². The molecule has 0 spiro atoms. The van der Waals surface area contributed by atoms with Crippen molar-refractivity contribution in [1.82, 2.24) is 9.80 Å². The fourth-order valence-corrected chi connectivity index (χ4v) is 3.69. The molecule has 2 aromatic carbocycles. The van der Waals surface area contributed by atoms with E-state index in [0.717, 1.165) is 15.9 Å².